The molecule has 0 radical (unpaired) electrons. The van der Waals surface area contributed by atoms with Gasteiger partial charge in [-0.3, -0.25) is 4.79 Å². The van der Waals surface area contributed by atoms with Crippen LogP contribution in [0.25, 0.3) is 11.3 Å². The summed E-state index contributed by atoms with van der Waals surface area (Å²) in [6.07, 6.45) is 1.47. The fourth-order valence-corrected chi connectivity index (χ4v) is 2.90. The minimum Gasteiger partial charge on any atom is -0.497 e. The maximum Gasteiger partial charge on any atom is 0.251 e. The molecule has 1 amide bonds. The van der Waals surface area contributed by atoms with E-state index in [-0.39, 0.29) is 12.5 Å². The van der Waals surface area contributed by atoms with Gasteiger partial charge >= 0.3 is 0 Å². The van der Waals surface area contributed by atoms with Gasteiger partial charge in [-0.1, -0.05) is 0 Å². The van der Waals surface area contributed by atoms with Gasteiger partial charge in [0.15, 0.2) is 11.5 Å². The van der Waals surface area contributed by atoms with E-state index in [1.54, 1.807) is 19.2 Å². The second-order valence-corrected chi connectivity index (χ2v) is 6.22. The standard InChI is InChI=1S/C22H23N3O5/c1-27-17-7-5-14(6-8-17)18-11-16(24-13-25-18)12-23-22(26)15-9-19(28-2)21(30-4)20(10-15)29-3/h5-11,13H,12H2,1-4H3,(H,23,26). The van der Waals surface area contributed by atoms with Crippen molar-refractivity contribution in [1.29, 1.82) is 0 Å². The van der Waals surface area contributed by atoms with Crippen molar-refractivity contribution in [3.63, 3.8) is 0 Å². The van der Waals surface area contributed by atoms with Crippen LogP contribution >= 0.6 is 0 Å². The molecular formula is C22H23N3O5. The van der Waals surface area contributed by atoms with Crippen LogP contribution in [0, 0.1) is 0 Å². The number of carbonyl (C=O) groups excluding carboxylic acids is 1. The first kappa shape index (κ1) is 20.9. The summed E-state index contributed by atoms with van der Waals surface area (Å²) in [7, 11) is 6.13. The van der Waals surface area contributed by atoms with E-state index in [0.717, 1.165) is 17.0 Å². The summed E-state index contributed by atoms with van der Waals surface area (Å²) in [4.78, 5) is 21.2. The number of rotatable bonds is 8. The lowest BCUT2D eigenvalue weighted by molar-refractivity contribution is 0.0949. The molecule has 1 aromatic heterocycles. The van der Waals surface area contributed by atoms with E-state index in [2.05, 4.69) is 15.3 Å². The molecule has 1 N–H and O–H groups in total. The lowest BCUT2D eigenvalue weighted by Crippen LogP contribution is -2.23. The van der Waals surface area contributed by atoms with Crippen LogP contribution in [0.4, 0.5) is 0 Å². The Bertz CT molecular complexity index is 997. The average Bonchev–Trinajstić information content (AvgIpc) is 2.81. The summed E-state index contributed by atoms with van der Waals surface area (Å²) in [5.74, 6) is 1.72. The molecule has 0 spiro atoms. The van der Waals surface area contributed by atoms with Crippen LogP contribution < -0.4 is 24.3 Å². The molecule has 0 saturated heterocycles. The van der Waals surface area contributed by atoms with Crippen LogP contribution in [0.3, 0.4) is 0 Å². The lowest BCUT2D eigenvalue weighted by Gasteiger charge is -2.14. The zero-order valence-corrected chi connectivity index (χ0v) is 17.3. The summed E-state index contributed by atoms with van der Waals surface area (Å²) >= 11 is 0. The molecule has 3 aromatic rings. The van der Waals surface area contributed by atoms with Crippen LogP contribution in [0.5, 0.6) is 23.0 Å². The Morgan fingerprint density at radius 1 is 0.867 bits per heavy atom. The van der Waals surface area contributed by atoms with Gasteiger partial charge in [0.25, 0.3) is 5.91 Å². The Morgan fingerprint density at radius 2 is 1.53 bits per heavy atom. The average molecular weight is 409 g/mol. The second kappa shape index (κ2) is 9.60. The molecule has 0 bridgehead atoms. The number of amides is 1. The largest absolute Gasteiger partial charge is 0.497 e. The monoisotopic (exact) mass is 409 g/mol. The van der Waals surface area contributed by atoms with Crippen LogP contribution in [0.2, 0.25) is 0 Å². The van der Waals surface area contributed by atoms with Gasteiger partial charge in [0.2, 0.25) is 5.75 Å². The Kier molecular flexibility index (Phi) is 6.69. The number of nitrogens with one attached hydrogen (secondary N) is 1. The van der Waals surface area contributed by atoms with Gasteiger partial charge in [-0.05, 0) is 42.5 Å². The molecule has 0 unspecified atom stereocenters. The predicted octanol–water partition coefficient (Wildman–Crippen LogP) is 3.11. The van der Waals surface area contributed by atoms with Crippen molar-refractivity contribution in [3.05, 3.63) is 60.0 Å². The number of methoxy groups -OCH3 is 4. The van der Waals surface area contributed by atoms with Crippen LogP contribution in [-0.4, -0.2) is 44.3 Å². The minimum absolute atomic E-state index is 0.237. The number of hydrogen-bond acceptors (Lipinski definition) is 7. The van der Waals surface area contributed by atoms with Gasteiger partial charge < -0.3 is 24.3 Å². The third-order valence-corrected chi connectivity index (χ3v) is 4.47. The molecule has 0 atom stereocenters. The number of aromatic nitrogens is 2. The van der Waals surface area contributed by atoms with E-state index in [0.29, 0.717) is 28.5 Å². The Balaban J connectivity index is 1.75. The Hall–Kier alpha value is -3.81. The normalized spacial score (nSPS) is 10.3. The van der Waals surface area contributed by atoms with E-state index in [9.17, 15) is 4.79 Å². The van der Waals surface area contributed by atoms with Gasteiger partial charge in [-0.25, -0.2) is 9.97 Å². The zero-order valence-electron chi connectivity index (χ0n) is 17.3. The highest BCUT2D eigenvalue weighted by molar-refractivity contribution is 5.95. The van der Waals surface area contributed by atoms with Crippen molar-refractivity contribution in [2.75, 3.05) is 28.4 Å². The topological polar surface area (TPSA) is 91.8 Å². The van der Waals surface area contributed by atoms with Crippen LogP contribution in [0.15, 0.2) is 48.8 Å². The fraction of sp³-hybridized carbons (Fsp3) is 0.227. The molecule has 8 heteroatoms. The second-order valence-electron chi connectivity index (χ2n) is 6.22. The molecule has 0 aliphatic carbocycles. The van der Waals surface area contributed by atoms with Crippen molar-refractivity contribution in [2.45, 2.75) is 6.54 Å². The maximum absolute atomic E-state index is 12.7. The number of ether oxygens (including phenoxy) is 4. The molecule has 156 valence electrons. The summed E-state index contributed by atoms with van der Waals surface area (Å²) in [5, 5.41) is 2.85. The summed E-state index contributed by atoms with van der Waals surface area (Å²) < 4.78 is 21.1. The van der Waals surface area contributed by atoms with Gasteiger partial charge in [0.1, 0.15) is 12.1 Å². The lowest BCUT2D eigenvalue weighted by atomic mass is 10.1. The van der Waals surface area contributed by atoms with Crippen molar-refractivity contribution in [3.8, 4) is 34.3 Å². The summed E-state index contributed by atoms with van der Waals surface area (Å²) in [6, 6.07) is 12.6. The van der Waals surface area contributed by atoms with Crippen molar-refractivity contribution in [2.24, 2.45) is 0 Å². The van der Waals surface area contributed by atoms with Crippen LogP contribution in [-0.2, 0) is 6.54 Å². The molecule has 1 heterocycles. The number of hydrogen-bond donors (Lipinski definition) is 1. The summed E-state index contributed by atoms with van der Waals surface area (Å²) in [6.45, 7) is 0.237. The highest BCUT2D eigenvalue weighted by Crippen LogP contribution is 2.38. The van der Waals surface area contributed by atoms with E-state index in [4.69, 9.17) is 18.9 Å². The number of nitrogens with zero attached hydrogens (tertiary/aromatic N) is 2. The molecular weight excluding hydrogens is 386 g/mol. The van der Waals surface area contributed by atoms with Gasteiger partial charge in [-0.2, -0.15) is 0 Å². The first-order valence-electron chi connectivity index (χ1n) is 9.13. The number of benzene rings is 2. The van der Waals surface area contributed by atoms with Crippen molar-refractivity contribution >= 4 is 5.91 Å². The molecule has 30 heavy (non-hydrogen) atoms. The zero-order chi connectivity index (χ0) is 21.5. The minimum atomic E-state index is -0.293. The molecule has 0 fully saturated rings. The molecule has 8 nitrogen and oxygen atoms in total. The Morgan fingerprint density at radius 3 is 2.10 bits per heavy atom. The van der Waals surface area contributed by atoms with E-state index >= 15 is 0 Å². The molecule has 0 aliphatic heterocycles. The maximum atomic E-state index is 12.7. The third kappa shape index (κ3) is 4.60. The number of carbonyl (C=O) groups is 1. The predicted molar refractivity (Wildman–Crippen MR) is 111 cm³/mol. The highest BCUT2D eigenvalue weighted by atomic mass is 16.5. The highest BCUT2D eigenvalue weighted by Gasteiger charge is 2.17. The van der Waals surface area contributed by atoms with Gasteiger partial charge in [-0.15, -0.1) is 0 Å². The van der Waals surface area contributed by atoms with Crippen LogP contribution in [0.1, 0.15) is 16.1 Å². The molecule has 0 saturated carbocycles. The van der Waals surface area contributed by atoms with Crippen molar-refractivity contribution < 1.29 is 23.7 Å². The Labute approximate surface area is 174 Å². The molecule has 2 aromatic carbocycles. The van der Waals surface area contributed by atoms with E-state index in [1.165, 1.54) is 27.7 Å². The third-order valence-electron chi connectivity index (χ3n) is 4.47. The fourth-order valence-electron chi connectivity index (χ4n) is 2.90. The van der Waals surface area contributed by atoms with Crippen molar-refractivity contribution in [1.82, 2.24) is 15.3 Å². The van der Waals surface area contributed by atoms with E-state index < -0.39 is 0 Å². The summed E-state index contributed by atoms with van der Waals surface area (Å²) in [5.41, 5.74) is 2.74. The van der Waals surface area contributed by atoms with Gasteiger partial charge in [0.05, 0.1) is 46.4 Å². The van der Waals surface area contributed by atoms with Gasteiger partial charge in [0, 0.05) is 11.1 Å². The first-order valence-corrected chi connectivity index (χ1v) is 9.13. The quantitative estimate of drug-likeness (QED) is 0.611. The SMILES string of the molecule is COc1ccc(-c2cc(CNC(=O)c3cc(OC)c(OC)c(OC)c3)ncn2)cc1. The molecule has 3 rings (SSSR count). The van der Waals surface area contributed by atoms with E-state index in [1.807, 2.05) is 30.3 Å². The molecule has 0 aliphatic rings. The first-order chi connectivity index (χ1) is 14.6. The smallest absolute Gasteiger partial charge is 0.251 e.